The fourth-order valence-corrected chi connectivity index (χ4v) is 4.65. The van der Waals surface area contributed by atoms with Crippen LogP contribution in [0.2, 0.25) is 0 Å². The van der Waals surface area contributed by atoms with Gasteiger partial charge in [0.1, 0.15) is 12.1 Å². The molecule has 9 heteroatoms. The minimum absolute atomic E-state index is 0.102. The minimum Gasteiger partial charge on any atom is -0.493 e. The highest BCUT2D eigenvalue weighted by Gasteiger charge is 2.35. The van der Waals surface area contributed by atoms with Gasteiger partial charge < -0.3 is 24.3 Å². The molecule has 1 fully saturated rings. The Morgan fingerprint density at radius 1 is 1.16 bits per heavy atom. The Labute approximate surface area is 224 Å². The number of methoxy groups -OCH3 is 1. The van der Waals surface area contributed by atoms with E-state index in [-0.39, 0.29) is 29.2 Å². The second kappa shape index (κ2) is 13.9. The summed E-state index contributed by atoms with van der Waals surface area (Å²) >= 11 is 0. The number of rotatable bonds is 9. The summed E-state index contributed by atoms with van der Waals surface area (Å²) in [6.07, 6.45) is 3.21. The summed E-state index contributed by atoms with van der Waals surface area (Å²) in [7, 11) is 1.39. The van der Waals surface area contributed by atoms with Crippen molar-refractivity contribution in [2.75, 3.05) is 13.7 Å². The van der Waals surface area contributed by atoms with Crippen molar-refractivity contribution >= 4 is 17.8 Å². The van der Waals surface area contributed by atoms with E-state index in [0.717, 1.165) is 12.8 Å². The average molecular weight is 527 g/mol. The Hall–Kier alpha value is -3.46. The van der Waals surface area contributed by atoms with Gasteiger partial charge in [0.25, 0.3) is 5.91 Å². The number of nitrogens with zero attached hydrogens (tertiary/aromatic N) is 1. The van der Waals surface area contributed by atoms with E-state index in [1.165, 1.54) is 31.9 Å². The van der Waals surface area contributed by atoms with Crippen LogP contribution < -0.4 is 14.8 Å². The largest absolute Gasteiger partial charge is 0.493 e. The van der Waals surface area contributed by atoms with Crippen LogP contribution in [0.1, 0.15) is 63.0 Å². The predicted octanol–water partition coefficient (Wildman–Crippen LogP) is 4.13. The highest BCUT2D eigenvalue weighted by Crippen LogP contribution is 2.31. The van der Waals surface area contributed by atoms with Crippen LogP contribution in [0.5, 0.6) is 11.5 Å². The zero-order chi connectivity index (χ0) is 27.7. The molecule has 1 N–H and O–H groups in total. The molecular formula is C29H38N2O7. The molecule has 4 unspecified atom stereocenters. The van der Waals surface area contributed by atoms with Gasteiger partial charge in [-0.2, -0.15) is 0 Å². The van der Waals surface area contributed by atoms with Crippen LogP contribution >= 0.6 is 0 Å². The fraction of sp³-hybridized carbons (Fsp3) is 0.517. The van der Waals surface area contributed by atoms with Gasteiger partial charge >= 0.3 is 11.9 Å². The topological polar surface area (TPSA) is 113 Å². The number of carbonyl (C=O) groups is 3. The first kappa shape index (κ1) is 29.1. The number of cyclic esters (lactones) is 1. The zero-order valence-electron chi connectivity index (χ0n) is 22.8. The Morgan fingerprint density at radius 3 is 2.55 bits per heavy atom. The summed E-state index contributed by atoms with van der Waals surface area (Å²) in [5.41, 5.74) is 1.04. The van der Waals surface area contributed by atoms with Crippen molar-refractivity contribution in [3.8, 4) is 11.5 Å². The number of esters is 2. The number of nitrogens with one attached hydrogen (secondary N) is 1. The van der Waals surface area contributed by atoms with E-state index in [4.69, 9.17) is 18.9 Å². The number of hydrogen-bond acceptors (Lipinski definition) is 8. The van der Waals surface area contributed by atoms with Crippen molar-refractivity contribution in [1.29, 1.82) is 0 Å². The molecule has 2 aromatic rings. The average Bonchev–Trinajstić information content (AvgIpc) is 2.92. The third kappa shape index (κ3) is 8.02. The van der Waals surface area contributed by atoms with Crippen LogP contribution in [0.25, 0.3) is 0 Å². The lowest BCUT2D eigenvalue weighted by molar-refractivity contribution is -0.161. The molecule has 1 aliphatic rings. The molecule has 4 atom stereocenters. The maximum Gasteiger partial charge on any atom is 0.329 e. The van der Waals surface area contributed by atoms with Crippen molar-refractivity contribution in [2.24, 2.45) is 11.8 Å². The Kier molecular flexibility index (Phi) is 10.6. The van der Waals surface area contributed by atoms with Gasteiger partial charge in [0.05, 0.1) is 13.2 Å². The minimum atomic E-state index is -0.899. The summed E-state index contributed by atoms with van der Waals surface area (Å²) in [6, 6.07) is 10.8. The third-order valence-corrected chi connectivity index (χ3v) is 6.40. The Bertz CT molecular complexity index is 1090. The second-order valence-corrected chi connectivity index (χ2v) is 10.0. The molecule has 1 aromatic heterocycles. The van der Waals surface area contributed by atoms with E-state index >= 15 is 0 Å². The normalized spacial score (nSPS) is 22.0. The summed E-state index contributed by atoms with van der Waals surface area (Å²) in [5.74, 6) is -1.29. The van der Waals surface area contributed by atoms with E-state index in [1.54, 1.807) is 0 Å². The zero-order valence-corrected chi connectivity index (χ0v) is 22.8. The van der Waals surface area contributed by atoms with Crippen LogP contribution in [-0.2, 0) is 25.5 Å². The number of benzene rings is 1. The molecule has 38 heavy (non-hydrogen) atoms. The van der Waals surface area contributed by atoms with Crippen molar-refractivity contribution < 1.29 is 33.3 Å². The second-order valence-electron chi connectivity index (χ2n) is 10.0. The molecule has 0 spiro atoms. The molecule has 1 aromatic carbocycles. The molecule has 2 heterocycles. The van der Waals surface area contributed by atoms with Gasteiger partial charge in [-0.1, -0.05) is 50.6 Å². The standard InChI is InChI=1S/C29H38N2O7/c1-18(2)17-36-26-19(3)37-29(34)23(13-9-12-22(26)16-21-10-7-6-8-11-21)31-28(33)25-27(38-20(4)32)24(35-5)14-15-30-25/h6-8,10-11,14-15,18-19,22-23,26H,9,12-13,16-17H2,1-5H3,(H,31,33). The van der Waals surface area contributed by atoms with Gasteiger partial charge in [-0.15, -0.1) is 0 Å². The molecule has 0 bridgehead atoms. The van der Waals surface area contributed by atoms with Crippen molar-refractivity contribution in [2.45, 2.75) is 71.6 Å². The predicted molar refractivity (Wildman–Crippen MR) is 141 cm³/mol. The molecular weight excluding hydrogens is 488 g/mol. The van der Waals surface area contributed by atoms with E-state index in [9.17, 15) is 14.4 Å². The lowest BCUT2D eigenvalue weighted by Crippen LogP contribution is -2.45. The lowest BCUT2D eigenvalue weighted by atomic mass is 9.86. The van der Waals surface area contributed by atoms with Crippen molar-refractivity contribution in [1.82, 2.24) is 10.3 Å². The lowest BCUT2D eigenvalue weighted by Gasteiger charge is -2.32. The Morgan fingerprint density at radius 2 is 1.89 bits per heavy atom. The smallest absolute Gasteiger partial charge is 0.329 e. The summed E-state index contributed by atoms with van der Waals surface area (Å²) in [4.78, 5) is 42.1. The summed E-state index contributed by atoms with van der Waals surface area (Å²) in [6.45, 7) is 7.78. The van der Waals surface area contributed by atoms with E-state index in [0.29, 0.717) is 25.4 Å². The number of amides is 1. The molecule has 1 saturated heterocycles. The highest BCUT2D eigenvalue weighted by molar-refractivity contribution is 5.98. The molecule has 0 saturated carbocycles. The van der Waals surface area contributed by atoms with E-state index in [1.807, 2.05) is 25.1 Å². The van der Waals surface area contributed by atoms with Crippen LogP contribution in [-0.4, -0.2) is 54.8 Å². The van der Waals surface area contributed by atoms with Gasteiger partial charge in [0.15, 0.2) is 11.4 Å². The fourth-order valence-electron chi connectivity index (χ4n) is 4.65. The molecule has 206 valence electrons. The molecule has 0 aliphatic carbocycles. The van der Waals surface area contributed by atoms with E-state index < -0.39 is 30.0 Å². The van der Waals surface area contributed by atoms with Gasteiger partial charge in [0.2, 0.25) is 5.75 Å². The number of pyridine rings is 1. The van der Waals surface area contributed by atoms with E-state index in [2.05, 4.69) is 36.3 Å². The molecule has 0 radical (unpaired) electrons. The number of aromatic nitrogens is 1. The van der Waals surface area contributed by atoms with Gasteiger partial charge in [-0.05, 0) is 43.6 Å². The van der Waals surface area contributed by atoms with Crippen LogP contribution in [0.3, 0.4) is 0 Å². The maximum absolute atomic E-state index is 13.2. The van der Waals surface area contributed by atoms with Crippen molar-refractivity contribution in [3.63, 3.8) is 0 Å². The number of carbonyl (C=O) groups excluding carboxylic acids is 3. The third-order valence-electron chi connectivity index (χ3n) is 6.40. The molecule has 1 aliphatic heterocycles. The Balaban J connectivity index is 1.81. The first-order chi connectivity index (χ1) is 18.2. The number of hydrogen-bond donors (Lipinski definition) is 1. The maximum atomic E-state index is 13.2. The van der Waals surface area contributed by atoms with Crippen LogP contribution in [0, 0.1) is 11.8 Å². The van der Waals surface area contributed by atoms with Gasteiger partial charge in [-0.3, -0.25) is 9.59 Å². The van der Waals surface area contributed by atoms with Gasteiger partial charge in [0, 0.05) is 25.8 Å². The molecule has 9 nitrogen and oxygen atoms in total. The summed E-state index contributed by atoms with van der Waals surface area (Å²) in [5, 5.41) is 2.73. The van der Waals surface area contributed by atoms with Crippen LogP contribution in [0.15, 0.2) is 42.6 Å². The van der Waals surface area contributed by atoms with Crippen LogP contribution in [0.4, 0.5) is 0 Å². The first-order valence-electron chi connectivity index (χ1n) is 13.1. The van der Waals surface area contributed by atoms with Gasteiger partial charge in [-0.25, -0.2) is 9.78 Å². The highest BCUT2D eigenvalue weighted by atomic mass is 16.6. The molecule has 3 rings (SSSR count). The number of ether oxygens (including phenoxy) is 4. The monoisotopic (exact) mass is 526 g/mol. The van der Waals surface area contributed by atoms with Crippen molar-refractivity contribution in [3.05, 3.63) is 53.9 Å². The quantitative estimate of drug-likeness (QED) is 0.486. The molecule has 1 amide bonds. The SMILES string of the molecule is COc1ccnc(C(=O)NC2CCCC(Cc3ccccc3)C(OCC(C)C)C(C)OC2=O)c1OC(C)=O. The first-order valence-corrected chi connectivity index (χ1v) is 13.1. The summed E-state index contributed by atoms with van der Waals surface area (Å²) < 4.78 is 22.6.